The fourth-order valence-electron chi connectivity index (χ4n) is 1.89. The number of phosphoric ester groups is 2. The van der Waals surface area contributed by atoms with Crippen LogP contribution in [0.4, 0.5) is 0 Å². The van der Waals surface area contributed by atoms with Gasteiger partial charge in [-0.05, 0) is 51.4 Å². The van der Waals surface area contributed by atoms with Crippen LogP contribution in [0.15, 0.2) is 0 Å². The van der Waals surface area contributed by atoms with Gasteiger partial charge in [-0.3, -0.25) is 18.1 Å². The Kier molecular flexibility index (Phi) is 30.4. The first-order chi connectivity index (χ1) is 16.9. The van der Waals surface area contributed by atoms with E-state index in [1.165, 1.54) is 0 Å². The minimum Gasteiger partial charge on any atom is -0.384 e. The Labute approximate surface area is 229 Å². The molecule has 0 fully saturated rings. The van der Waals surface area contributed by atoms with Crippen LogP contribution in [-0.2, 0) is 31.5 Å². The van der Waals surface area contributed by atoms with E-state index in [9.17, 15) is 9.13 Å². The molecular formula is C20H38Cl4O9P2. The van der Waals surface area contributed by atoms with Crippen LogP contribution >= 0.6 is 62.0 Å². The molecule has 0 radical (unpaired) electrons. The van der Waals surface area contributed by atoms with Crippen molar-refractivity contribution >= 4 is 62.0 Å². The summed E-state index contributed by atoms with van der Waals surface area (Å²) < 4.78 is 52.5. The van der Waals surface area contributed by atoms with Crippen LogP contribution in [0.5, 0.6) is 0 Å². The second-order valence-corrected chi connectivity index (χ2v) is 11.5. The highest BCUT2D eigenvalue weighted by molar-refractivity contribution is 7.62. The molecule has 0 saturated heterocycles. The number of alkyl halides is 4. The summed E-state index contributed by atoms with van der Waals surface area (Å²) in [5.41, 5.74) is 0. The largest absolute Gasteiger partial charge is 0.483 e. The molecule has 0 aliphatic rings. The maximum atomic E-state index is 13.0. The standard InChI is InChI=1S/C16H32Cl4O7P2.C4H6O2/c17-9-1-5-13-23-28(21,24-14-6-2-10-18)27-29(22,25-15-7-3-11-19)26-16-8-4-12-20;5-3-1-2-4-6/h1-16H2;5-6H,3-4H2. The molecule has 0 amide bonds. The third kappa shape index (κ3) is 26.3. The van der Waals surface area contributed by atoms with Gasteiger partial charge in [0.05, 0.1) is 26.4 Å². The SMILES string of the molecule is O=P(OCCCCCl)(OCCCCCl)OP(=O)(OCCCCCl)OCCCCCl.OCC#CCO. The number of aliphatic hydroxyl groups excluding tert-OH is 2. The van der Waals surface area contributed by atoms with Crippen molar-refractivity contribution in [2.45, 2.75) is 51.4 Å². The second kappa shape index (κ2) is 27.9. The Hall–Kier alpha value is 0.900. The van der Waals surface area contributed by atoms with Gasteiger partial charge >= 0.3 is 15.6 Å². The highest BCUT2D eigenvalue weighted by Gasteiger charge is 2.40. The first kappa shape index (κ1) is 38.0. The molecule has 0 aliphatic carbocycles. The molecule has 2 N–H and O–H groups in total. The summed E-state index contributed by atoms with van der Waals surface area (Å²) in [7, 11) is -8.37. The van der Waals surface area contributed by atoms with Crippen LogP contribution in [0.3, 0.4) is 0 Å². The minimum atomic E-state index is -4.18. The average Bonchev–Trinajstić information content (AvgIpc) is 2.84. The van der Waals surface area contributed by atoms with Crippen molar-refractivity contribution in [2.24, 2.45) is 0 Å². The molecule has 0 aliphatic heterocycles. The highest BCUT2D eigenvalue weighted by atomic mass is 35.5. The lowest BCUT2D eigenvalue weighted by atomic mass is 10.4. The Morgan fingerprint density at radius 3 is 0.971 bits per heavy atom. The summed E-state index contributed by atoms with van der Waals surface area (Å²) in [6, 6.07) is 0. The van der Waals surface area contributed by atoms with E-state index in [1.807, 2.05) is 0 Å². The van der Waals surface area contributed by atoms with E-state index in [0.29, 0.717) is 74.9 Å². The lowest BCUT2D eigenvalue weighted by molar-refractivity contribution is 0.106. The van der Waals surface area contributed by atoms with Gasteiger partial charge in [0.1, 0.15) is 13.2 Å². The predicted octanol–water partition coefficient (Wildman–Crippen LogP) is 6.34. The molecule has 0 saturated carbocycles. The van der Waals surface area contributed by atoms with Gasteiger partial charge in [0.2, 0.25) is 0 Å². The summed E-state index contributed by atoms with van der Waals surface area (Å²) in [6.07, 6.45) is 4.81. The number of hydrogen-bond donors (Lipinski definition) is 2. The zero-order valence-corrected chi connectivity index (χ0v) is 24.7. The second-order valence-electron chi connectivity index (χ2n) is 6.56. The van der Waals surface area contributed by atoms with Gasteiger partial charge in [0.15, 0.2) is 0 Å². The topological polar surface area (TPSA) is 121 Å². The zero-order chi connectivity index (χ0) is 26.7. The number of rotatable bonds is 22. The summed E-state index contributed by atoms with van der Waals surface area (Å²) in [4.78, 5) is 0. The van der Waals surface area contributed by atoms with Crippen LogP contribution in [0, 0.1) is 11.8 Å². The van der Waals surface area contributed by atoms with Gasteiger partial charge in [0.25, 0.3) is 0 Å². The molecule has 0 bridgehead atoms. The maximum Gasteiger partial charge on any atom is 0.483 e. The van der Waals surface area contributed by atoms with Crippen molar-refractivity contribution in [3.05, 3.63) is 0 Å². The van der Waals surface area contributed by atoms with Crippen molar-refractivity contribution in [2.75, 3.05) is 63.2 Å². The van der Waals surface area contributed by atoms with E-state index in [1.54, 1.807) is 0 Å². The minimum absolute atomic E-state index is 0.0675. The van der Waals surface area contributed by atoms with Crippen molar-refractivity contribution in [3.63, 3.8) is 0 Å². The van der Waals surface area contributed by atoms with Crippen molar-refractivity contribution in [3.8, 4) is 11.8 Å². The number of aliphatic hydroxyl groups is 2. The molecule has 0 rings (SSSR count). The first-order valence-corrected chi connectivity index (χ1v) is 16.3. The number of phosphoric acid groups is 2. The van der Waals surface area contributed by atoms with E-state index >= 15 is 0 Å². The first-order valence-electron chi connectivity index (χ1n) is 11.3. The van der Waals surface area contributed by atoms with Crippen LogP contribution in [0.1, 0.15) is 51.4 Å². The molecule has 210 valence electrons. The Balaban J connectivity index is 0. The van der Waals surface area contributed by atoms with Gasteiger partial charge in [-0.2, -0.15) is 4.31 Å². The summed E-state index contributed by atoms with van der Waals surface area (Å²) >= 11 is 22.6. The molecule has 0 atom stereocenters. The monoisotopic (exact) mass is 624 g/mol. The molecule has 0 aromatic rings. The summed E-state index contributed by atoms with van der Waals surface area (Å²) in [5, 5.41) is 15.8. The molecule has 15 heteroatoms. The van der Waals surface area contributed by atoms with Gasteiger partial charge in [-0.1, -0.05) is 11.8 Å². The average molecular weight is 626 g/mol. The third-order valence-corrected chi connectivity index (χ3v) is 8.26. The number of halogens is 4. The van der Waals surface area contributed by atoms with Crippen molar-refractivity contribution in [1.29, 1.82) is 0 Å². The normalized spacial score (nSPS) is 11.5. The van der Waals surface area contributed by atoms with Crippen LogP contribution in [0.25, 0.3) is 0 Å². The molecule has 0 heterocycles. The van der Waals surface area contributed by atoms with E-state index in [2.05, 4.69) is 11.8 Å². The highest BCUT2D eigenvalue weighted by Crippen LogP contribution is 2.66. The molecule has 0 aromatic heterocycles. The quantitative estimate of drug-likeness (QED) is 0.0614. The fourth-order valence-corrected chi connectivity index (χ4v) is 5.94. The fraction of sp³-hybridized carbons (Fsp3) is 0.900. The smallest absolute Gasteiger partial charge is 0.384 e. The van der Waals surface area contributed by atoms with Crippen molar-refractivity contribution < 1.29 is 41.7 Å². The Morgan fingerprint density at radius 1 is 0.514 bits per heavy atom. The van der Waals surface area contributed by atoms with E-state index < -0.39 is 15.6 Å². The molecule has 9 nitrogen and oxygen atoms in total. The van der Waals surface area contributed by atoms with Crippen LogP contribution < -0.4 is 0 Å². The Bertz CT molecular complexity index is 541. The zero-order valence-electron chi connectivity index (χ0n) is 19.9. The number of hydrogen-bond acceptors (Lipinski definition) is 9. The molecule has 0 spiro atoms. The molecular weight excluding hydrogens is 588 g/mol. The van der Waals surface area contributed by atoms with E-state index in [0.717, 1.165) is 0 Å². The van der Waals surface area contributed by atoms with Gasteiger partial charge in [0, 0.05) is 23.5 Å². The van der Waals surface area contributed by atoms with Gasteiger partial charge in [-0.25, -0.2) is 9.13 Å². The summed E-state index contributed by atoms with van der Waals surface area (Å²) in [5.74, 6) is 6.27. The van der Waals surface area contributed by atoms with Gasteiger partial charge < -0.3 is 10.2 Å². The van der Waals surface area contributed by atoms with E-state index in [4.69, 9.17) is 79.0 Å². The number of unbranched alkanes of at least 4 members (excludes halogenated alkanes) is 4. The lowest BCUT2D eigenvalue weighted by Gasteiger charge is -2.23. The van der Waals surface area contributed by atoms with Crippen LogP contribution in [-0.4, -0.2) is 73.4 Å². The maximum absolute atomic E-state index is 13.0. The van der Waals surface area contributed by atoms with E-state index in [-0.39, 0.29) is 39.6 Å². The lowest BCUT2D eigenvalue weighted by Crippen LogP contribution is -2.07. The predicted molar refractivity (Wildman–Crippen MR) is 142 cm³/mol. The third-order valence-electron chi connectivity index (χ3n) is 3.59. The summed E-state index contributed by atoms with van der Waals surface area (Å²) in [6.45, 7) is -0.0624. The Morgan fingerprint density at radius 2 is 0.771 bits per heavy atom. The van der Waals surface area contributed by atoms with Crippen LogP contribution in [0.2, 0.25) is 0 Å². The van der Waals surface area contributed by atoms with Crippen molar-refractivity contribution in [1.82, 2.24) is 0 Å². The molecule has 0 aromatic carbocycles. The molecule has 35 heavy (non-hydrogen) atoms. The molecule has 0 unspecified atom stereocenters. The van der Waals surface area contributed by atoms with Gasteiger partial charge in [-0.15, -0.1) is 46.4 Å².